The van der Waals surface area contributed by atoms with Crippen LogP contribution in [-0.4, -0.2) is 25.6 Å². The molecule has 1 atom stereocenters. The van der Waals surface area contributed by atoms with Crippen LogP contribution in [-0.2, 0) is 4.79 Å². The standard InChI is InChI=1S/C16H21NO3/c1-19-14-7-6-11(12-9-16(18)17-10-12)8-15(14)20-13-4-2-3-5-13/h6-8,12-13H,2-5,9-10H2,1H3,(H,17,18)/i9D2,10D2,13D. The van der Waals surface area contributed by atoms with Crippen molar-refractivity contribution in [2.45, 2.75) is 44.1 Å². The molecule has 1 aromatic carbocycles. The summed E-state index contributed by atoms with van der Waals surface area (Å²) in [7, 11) is 1.46. The third kappa shape index (κ3) is 2.74. The lowest BCUT2D eigenvalue weighted by atomic mass is 9.98. The van der Waals surface area contributed by atoms with Gasteiger partial charge in [0.1, 0.15) is 0 Å². The lowest BCUT2D eigenvalue weighted by Gasteiger charge is -2.18. The number of hydrogen-bond donors (Lipinski definition) is 1. The maximum absolute atomic E-state index is 11.8. The van der Waals surface area contributed by atoms with Gasteiger partial charge in [0.05, 0.1) is 14.6 Å². The van der Waals surface area contributed by atoms with E-state index in [-0.39, 0.29) is 11.3 Å². The third-order valence-corrected chi connectivity index (χ3v) is 3.54. The zero-order valence-corrected chi connectivity index (χ0v) is 11.4. The molecule has 4 nitrogen and oxygen atoms in total. The Hall–Kier alpha value is -1.71. The normalized spacial score (nSPS) is 33.1. The van der Waals surface area contributed by atoms with Gasteiger partial charge in [-0.05, 0) is 43.4 Å². The lowest BCUT2D eigenvalue weighted by molar-refractivity contribution is -0.119. The van der Waals surface area contributed by atoms with Crippen LogP contribution in [0.2, 0.25) is 0 Å². The van der Waals surface area contributed by atoms with Crippen LogP contribution in [0.25, 0.3) is 0 Å². The smallest absolute Gasteiger partial charge is 0.220 e. The fourth-order valence-corrected chi connectivity index (χ4v) is 2.49. The van der Waals surface area contributed by atoms with Gasteiger partial charge in [-0.15, -0.1) is 0 Å². The topological polar surface area (TPSA) is 47.6 Å². The van der Waals surface area contributed by atoms with Crippen molar-refractivity contribution in [1.82, 2.24) is 5.32 Å². The average molecular weight is 280 g/mol. The number of carbonyl (C=O) groups excluding carboxylic acids is 1. The number of ether oxygens (including phenoxy) is 2. The minimum Gasteiger partial charge on any atom is -0.493 e. The molecule has 20 heavy (non-hydrogen) atoms. The molecular weight excluding hydrogens is 254 g/mol. The first-order chi connectivity index (χ1) is 11.6. The first-order valence-electron chi connectivity index (χ1n) is 9.29. The van der Waals surface area contributed by atoms with E-state index < -0.39 is 30.8 Å². The summed E-state index contributed by atoms with van der Waals surface area (Å²) in [5, 5.41) is 2.07. The molecule has 108 valence electrons. The molecule has 1 unspecified atom stereocenters. The third-order valence-electron chi connectivity index (χ3n) is 3.54. The second-order valence-corrected chi connectivity index (χ2v) is 4.93. The van der Waals surface area contributed by atoms with E-state index in [4.69, 9.17) is 16.3 Å². The summed E-state index contributed by atoms with van der Waals surface area (Å²) in [6.45, 7) is -2.22. The van der Waals surface area contributed by atoms with Gasteiger partial charge in [0, 0.05) is 24.3 Å². The van der Waals surface area contributed by atoms with E-state index in [1.54, 1.807) is 6.07 Å². The highest BCUT2D eigenvalue weighted by atomic mass is 16.5. The number of carbonyl (C=O) groups is 1. The molecule has 1 aliphatic carbocycles. The van der Waals surface area contributed by atoms with Gasteiger partial charge in [-0.1, -0.05) is 6.07 Å². The molecule has 1 N–H and O–H groups in total. The maximum Gasteiger partial charge on any atom is 0.220 e. The summed E-state index contributed by atoms with van der Waals surface area (Å²) >= 11 is 0. The van der Waals surface area contributed by atoms with E-state index in [1.165, 1.54) is 19.2 Å². The average Bonchev–Trinajstić information content (AvgIpc) is 2.98. The zero-order valence-electron chi connectivity index (χ0n) is 16.4. The molecule has 0 aromatic heterocycles. The van der Waals surface area contributed by atoms with Crippen molar-refractivity contribution in [3.8, 4) is 11.5 Å². The number of nitrogens with one attached hydrogen (secondary N) is 1. The van der Waals surface area contributed by atoms with Crippen molar-refractivity contribution >= 4 is 5.91 Å². The Balaban J connectivity index is 2.00. The van der Waals surface area contributed by atoms with Crippen molar-refractivity contribution in [2.24, 2.45) is 0 Å². The highest BCUT2D eigenvalue weighted by molar-refractivity contribution is 5.79. The summed E-state index contributed by atoms with van der Waals surface area (Å²) < 4.78 is 51.4. The summed E-state index contributed by atoms with van der Waals surface area (Å²) in [6.07, 6.45) is -0.471. The van der Waals surface area contributed by atoms with Crippen molar-refractivity contribution in [3.05, 3.63) is 23.8 Å². The summed E-state index contributed by atoms with van der Waals surface area (Å²) in [4.78, 5) is 11.8. The van der Waals surface area contributed by atoms with Gasteiger partial charge in [-0.2, -0.15) is 0 Å². The van der Waals surface area contributed by atoms with Crippen LogP contribution in [0.4, 0.5) is 0 Å². The fraction of sp³-hybridized carbons (Fsp3) is 0.562. The second-order valence-electron chi connectivity index (χ2n) is 4.93. The van der Waals surface area contributed by atoms with Crippen LogP contribution in [0, 0.1) is 0 Å². The summed E-state index contributed by atoms with van der Waals surface area (Å²) in [6, 6.07) is 4.56. The molecule has 0 bridgehead atoms. The van der Waals surface area contributed by atoms with Crippen molar-refractivity contribution in [1.29, 1.82) is 0 Å². The Kier molecular flexibility index (Phi) is 2.45. The van der Waals surface area contributed by atoms with Gasteiger partial charge in [0.2, 0.25) is 5.91 Å². The van der Waals surface area contributed by atoms with E-state index in [9.17, 15) is 4.79 Å². The number of benzene rings is 1. The molecule has 3 rings (SSSR count). The second kappa shape index (κ2) is 5.73. The Labute approximate surface area is 126 Å². The monoisotopic (exact) mass is 280 g/mol. The quantitative estimate of drug-likeness (QED) is 0.922. The first kappa shape index (κ1) is 8.55. The van der Waals surface area contributed by atoms with Crippen molar-refractivity contribution in [2.75, 3.05) is 13.6 Å². The Morgan fingerprint density at radius 1 is 1.35 bits per heavy atom. The van der Waals surface area contributed by atoms with E-state index >= 15 is 0 Å². The predicted molar refractivity (Wildman–Crippen MR) is 76.2 cm³/mol. The number of hydrogen-bond acceptors (Lipinski definition) is 3. The molecule has 1 saturated heterocycles. The summed E-state index contributed by atoms with van der Waals surface area (Å²) in [5.41, 5.74) is 0.283. The van der Waals surface area contributed by atoms with Crippen LogP contribution in [0.15, 0.2) is 18.2 Å². The van der Waals surface area contributed by atoms with Gasteiger partial charge in [0.25, 0.3) is 0 Å². The minimum absolute atomic E-state index is 0.267. The predicted octanol–water partition coefficient (Wildman–Crippen LogP) is 2.62. The van der Waals surface area contributed by atoms with Crippen LogP contribution in [0.5, 0.6) is 11.5 Å². The van der Waals surface area contributed by atoms with Crippen molar-refractivity contribution < 1.29 is 21.1 Å². The lowest BCUT2D eigenvalue weighted by Crippen LogP contribution is -2.14. The Bertz CT molecular complexity index is 688. The molecule has 1 aromatic rings. The number of rotatable bonds is 4. The SMILES string of the molecule is [2H]C1(Oc2cc(C3C([2H])([2H])NC(=O)C3([2H])[2H])ccc2OC)CCCC1. The van der Waals surface area contributed by atoms with Crippen LogP contribution in [0.3, 0.4) is 0 Å². The molecular formula is C16H21NO3. The van der Waals surface area contributed by atoms with Crippen LogP contribution in [0.1, 0.15) is 50.4 Å². The molecule has 4 heteroatoms. The maximum atomic E-state index is 11.8. The molecule has 1 amide bonds. The van der Waals surface area contributed by atoms with E-state index in [0.29, 0.717) is 18.6 Å². The highest BCUT2D eigenvalue weighted by Gasteiger charge is 2.25. The van der Waals surface area contributed by atoms with Crippen molar-refractivity contribution in [3.63, 3.8) is 0 Å². The number of amides is 1. The van der Waals surface area contributed by atoms with E-state index in [0.717, 1.165) is 12.8 Å². The van der Waals surface area contributed by atoms with Gasteiger partial charge in [0.15, 0.2) is 11.5 Å². The Morgan fingerprint density at radius 2 is 2.15 bits per heavy atom. The van der Waals surface area contributed by atoms with Crippen LogP contribution < -0.4 is 14.8 Å². The van der Waals surface area contributed by atoms with E-state index in [1.807, 2.05) is 0 Å². The first-order valence-corrected chi connectivity index (χ1v) is 6.79. The summed E-state index contributed by atoms with van der Waals surface area (Å²) in [5.74, 6) is -1.65. The zero-order chi connectivity index (χ0) is 18.5. The number of methoxy groups -OCH3 is 1. The van der Waals surface area contributed by atoms with Crippen LogP contribution >= 0.6 is 0 Å². The largest absolute Gasteiger partial charge is 0.493 e. The minimum atomic E-state index is -2.39. The van der Waals surface area contributed by atoms with E-state index in [2.05, 4.69) is 5.32 Å². The van der Waals surface area contributed by atoms with Gasteiger partial charge < -0.3 is 14.8 Å². The Morgan fingerprint density at radius 3 is 2.80 bits per heavy atom. The van der Waals surface area contributed by atoms with Gasteiger partial charge in [-0.25, -0.2) is 0 Å². The molecule has 0 spiro atoms. The molecule has 0 radical (unpaired) electrons. The van der Waals surface area contributed by atoms with Gasteiger partial charge in [-0.3, -0.25) is 4.79 Å². The van der Waals surface area contributed by atoms with Gasteiger partial charge >= 0.3 is 0 Å². The molecule has 2 fully saturated rings. The molecule has 1 heterocycles. The molecule has 2 aliphatic rings. The highest BCUT2D eigenvalue weighted by Crippen LogP contribution is 2.35. The fourth-order valence-electron chi connectivity index (χ4n) is 2.49. The molecule has 1 aliphatic heterocycles. The molecule has 1 saturated carbocycles.